The fraction of sp³-hybridized carbons (Fsp3) is 0.286. The predicted molar refractivity (Wildman–Crippen MR) is 80.0 cm³/mol. The molecule has 0 bridgehead atoms. The first-order chi connectivity index (χ1) is 9.46. The van der Waals surface area contributed by atoms with Gasteiger partial charge in [-0.2, -0.15) is 0 Å². The molecule has 1 heterocycles. The predicted octanol–water partition coefficient (Wildman–Crippen LogP) is 2.08. The van der Waals surface area contributed by atoms with Crippen LogP contribution in [0, 0.1) is 6.92 Å². The van der Waals surface area contributed by atoms with Crippen molar-refractivity contribution < 1.29 is 8.42 Å². The molecule has 1 aromatic carbocycles. The third-order valence-electron chi connectivity index (χ3n) is 3.09. The summed E-state index contributed by atoms with van der Waals surface area (Å²) in [7, 11) is -3.58. The first-order valence-corrected chi connectivity index (χ1v) is 7.93. The van der Waals surface area contributed by atoms with E-state index in [-0.39, 0.29) is 4.90 Å². The highest BCUT2D eigenvalue weighted by molar-refractivity contribution is 7.92. The number of aromatic nitrogens is 1. The molecular formula is C14H19N3O2S. The summed E-state index contributed by atoms with van der Waals surface area (Å²) in [5, 5.41) is 0. The van der Waals surface area contributed by atoms with Crippen molar-refractivity contribution in [1.82, 2.24) is 4.57 Å². The van der Waals surface area contributed by atoms with Crippen LogP contribution in [0.1, 0.15) is 18.2 Å². The van der Waals surface area contributed by atoms with Crippen LogP contribution in [0.25, 0.3) is 0 Å². The van der Waals surface area contributed by atoms with Crippen molar-refractivity contribution in [2.24, 2.45) is 5.73 Å². The van der Waals surface area contributed by atoms with Crippen molar-refractivity contribution in [2.75, 3.05) is 4.72 Å². The SMILES string of the molecule is CCn1cc(S(=O)(=O)Nc2cccc(C)c2)cc1CN. The van der Waals surface area contributed by atoms with Gasteiger partial charge >= 0.3 is 0 Å². The number of rotatable bonds is 5. The van der Waals surface area contributed by atoms with E-state index in [1.165, 1.54) is 0 Å². The zero-order valence-electron chi connectivity index (χ0n) is 11.6. The maximum Gasteiger partial charge on any atom is 0.263 e. The van der Waals surface area contributed by atoms with E-state index in [1.807, 2.05) is 30.5 Å². The van der Waals surface area contributed by atoms with Crippen molar-refractivity contribution >= 4 is 15.7 Å². The minimum atomic E-state index is -3.58. The van der Waals surface area contributed by atoms with Crippen LogP contribution in [0.15, 0.2) is 41.4 Å². The van der Waals surface area contributed by atoms with Crippen molar-refractivity contribution in [3.05, 3.63) is 47.8 Å². The molecule has 0 radical (unpaired) electrons. The van der Waals surface area contributed by atoms with Gasteiger partial charge < -0.3 is 10.3 Å². The molecule has 0 saturated carbocycles. The lowest BCUT2D eigenvalue weighted by Crippen LogP contribution is -2.12. The van der Waals surface area contributed by atoms with Gasteiger partial charge in [0.25, 0.3) is 10.0 Å². The van der Waals surface area contributed by atoms with Crippen LogP contribution in [-0.4, -0.2) is 13.0 Å². The molecule has 0 aliphatic heterocycles. The molecule has 3 N–H and O–H groups in total. The van der Waals surface area contributed by atoms with E-state index < -0.39 is 10.0 Å². The first kappa shape index (κ1) is 14.6. The second-order valence-corrected chi connectivity index (χ2v) is 6.31. The molecule has 0 atom stereocenters. The van der Waals surface area contributed by atoms with Crippen LogP contribution >= 0.6 is 0 Å². The van der Waals surface area contributed by atoms with E-state index in [1.54, 1.807) is 24.4 Å². The summed E-state index contributed by atoms with van der Waals surface area (Å²) in [6.45, 7) is 4.86. The highest BCUT2D eigenvalue weighted by Gasteiger charge is 2.17. The van der Waals surface area contributed by atoms with Gasteiger partial charge in [0.2, 0.25) is 0 Å². The summed E-state index contributed by atoms with van der Waals surface area (Å²) in [4.78, 5) is 0.237. The van der Waals surface area contributed by atoms with Gasteiger partial charge in [0.1, 0.15) is 4.90 Å². The minimum absolute atomic E-state index is 0.237. The Morgan fingerprint density at radius 1 is 1.30 bits per heavy atom. The van der Waals surface area contributed by atoms with Gasteiger partial charge in [-0.25, -0.2) is 8.42 Å². The smallest absolute Gasteiger partial charge is 0.263 e. The molecular weight excluding hydrogens is 274 g/mol. The normalized spacial score (nSPS) is 11.6. The second kappa shape index (κ2) is 5.68. The van der Waals surface area contributed by atoms with E-state index in [2.05, 4.69) is 4.72 Å². The molecule has 0 saturated heterocycles. The fourth-order valence-corrected chi connectivity index (χ4v) is 3.17. The van der Waals surface area contributed by atoms with Gasteiger partial charge in [-0.15, -0.1) is 0 Å². The standard InChI is InChI=1S/C14H19N3O2S/c1-3-17-10-14(8-13(17)9-15)20(18,19)16-12-6-4-5-11(2)7-12/h4-8,10,16H,3,9,15H2,1-2H3. The second-order valence-electron chi connectivity index (χ2n) is 4.63. The number of nitrogens with zero attached hydrogens (tertiary/aromatic N) is 1. The molecule has 0 spiro atoms. The largest absolute Gasteiger partial charge is 0.349 e. The number of sulfonamides is 1. The maximum absolute atomic E-state index is 12.3. The molecule has 1 aromatic heterocycles. The third kappa shape index (κ3) is 3.02. The summed E-state index contributed by atoms with van der Waals surface area (Å²) in [6.07, 6.45) is 1.61. The zero-order valence-corrected chi connectivity index (χ0v) is 12.4. The lowest BCUT2D eigenvalue weighted by atomic mass is 10.2. The van der Waals surface area contributed by atoms with Gasteiger partial charge in [0.05, 0.1) is 0 Å². The van der Waals surface area contributed by atoms with Crippen molar-refractivity contribution in [2.45, 2.75) is 31.8 Å². The first-order valence-electron chi connectivity index (χ1n) is 6.45. The monoisotopic (exact) mass is 293 g/mol. The zero-order chi connectivity index (χ0) is 14.8. The molecule has 0 fully saturated rings. The van der Waals surface area contributed by atoms with Gasteiger partial charge in [0.15, 0.2) is 0 Å². The van der Waals surface area contributed by atoms with Gasteiger partial charge in [0, 0.05) is 30.7 Å². The Morgan fingerprint density at radius 3 is 2.60 bits per heavy atom. The van der Waals surface area contributed by atoms with E-state index in [0.717, 1.165) is 11.3 Å². The van der Waals surface area contributed by atoms with Crippen LogP contribution < -0.4 is 10.5 Å². The van der Waals surface area contributed by atoms with E-state index in [4.69, 9.17) is 5.73 Å². The van der Waals surface area contributed by atoms with Gasteiger partial charge in [-0.1, -0.05) is 12.1 Å². The van der Waals surface area contributed by atoms with Crippen LogP contribution in [0.4, 0.5) is 5.69 Å². The summed E-state index contributed by atoms with van der Waals surface area (Å²) in [6, 6.07) is 8.86. The van der Waals surface area contributed by atoms with Crippen molar-refractivity contribution in [3.8, 4) is 0 Å². The number of nitrogens with two attached hydrogens (primary N) is 1. The Kier molecular flexibility index (Phi) is 4.15. The van der Waals surface area contributed by atoms with Crippen LogP contribution in [0.3, 0.4) is 0 Å². The number of anilines is 1. The molecule has 0 unspecified atom stereocenters. The van der Waals surface area contributed by atoms with Crippen LogP contribution in [-0.2, 0) is 23.1 Å². The third-order valence-corrected chi connectivity index (χ3v) is 4.44. The Morgan fingerprint density at radius 2 is 2.05 bits per heavy atom. The molecule has 2 aromatic rings. The Bertz CT molecular complexity index is 683. The topological polar surface area (TPSA) is 77.1 Å². The summed E-state index contributed by atoms with van der Waals surface area (Å²) in [5.74, 6) is 0. The minimum Gasteiger partial charge on any atom is -0.349 e. The van der Waals surface area contributed by atoms with Gasteiger partial charge in [-0.05, 0) is 37.6 Å². The molecule has 20 heavy (non-hydrogen) atoms. The molecule has 0 aliphatic carbocycles. The average Bonchev–Trinajstić information content (AvgIpc) is 2.82. The quantitative estimate of drug-likeness (QED) is 0.886. The lowest BCUT2D eigenvalue weighted by Gasteiger charge is -2.07. The van der Waals surface area contributed by atoms with E-state index >= 15 is 0 Å². The van der Waals surface area contributed by atoms with Crippen LogP contribution in [0.5, 0.6) is 0 Å². The number of aryl methyl sites for hydroxylation is 2. The van der Waals surface area contributed by atoms with Crippen LogP contribution in [0.2, 0.25) is 0 Å². The summed E-state index contributed by atoms with van der Waals surface area (Å²) < 4.78 is 29.1. The van der Waals surface area contributed by atoms with Crippen molar-refractivity contribution in [1.29, 1.82) is 0 Å². The highest BCUT2D eigenvalue weighted by Crippen LogP contribution is 2.19. The van der Waals surface area contributed by atoms with E-state index in [0.29, 0.717) is 18.8 Å². The highest BCUT2D eigenvalue weighted by atomic mass is 32.2. The number of benzene rings is 1. The molecule has 6 heteroatoms. The molecule has 0 amide bonds. The summed E-state index contributed by atoms with van der Waals surface area (Å²) in [5.41, 5.74) is 7.98. The number of nitrogens with one attached hydrogen (secondary N) is 1. The van der Waals surface area contributed by atoms with Gasteiger partial charge in [-0.3, -0.25) is 4.72 Å². The lowest BCUT2D eigenvalue weighted by molar-refractivity contribution is 0.600. The van der Waals surface area contributed by atoms with E-state index in [9.17, 15) is 8.42 Å². The summed E-state index contributed by atoms with van der Waals surface area (Å²) >= 11 is 0. The molecule has 2 rings (SSSR count). The Labute approximate surface area is 119 Å². The fourth-order valence-electron chi connectivity index (χ4n) is 2.06. The maximum atomic E-state index is 12.3. The number of hydrogen-bond donors (Lipinski definition) is 2. The Balaban J connectivity index is 2.33. The number of hydrogen-bond acceptors (Lipinski definition) is 3. The molecule has 0 aliphatic rings. The Hall–Kier alpha value is -1.79. The average molecular weight is 293 g/mol. The molecule has 108 valence electrons. The molecule has 5 nitrogen and oxygen atoms in total. The van der Waals surface area contributed by atoms with Crippen molar-refractivity contribution in [3.63, 3.8) is 0 Å².